The van der Waals surface area contributed by atoms with Crippen molar-refractivity contribution in [1.82, 2.24) is 20.5 Å². The van der Waals surface area contributed by atoms with Crippen LogP contribution in [0.4, 0.5) is 0 Å². The molecule has 3 rings (SSSR count). The SMILES string of the molecule is CCNC(=NCc1cccc(CN2CCOCC2)c1)NCCc1nc(C)c(C)s1. The molecule has 2 aromatic rings. The third-order valence-electron chi connectivity index (χ3n) is 4.97. The molecule has 6 nitrogen and oxygen atoms in total. The fraction of sp³-hybridized carbons (Fsp3) is 0.545. The minimum absolute atomic E-state index is 0.668. The third kappa shape index (κ3) is 7.10. The van der Waals surface area contributed by atoms with E-state index in [1.54, 1.807) is 11.3 Å². The van der Waals surface area contributed by atoms with Gasteiger partial charge in [-0.1, -0.05) is 24.3 Å². The van der Waals surface area contributed by atoms with Gasteiger partial charge in [0.2, 0.25) is 0 Å². The monoisotopic (exact) mass is 415 g/mol. The van der Waals surface area contributed by atoms with Gasteiger partial charge in [-0.05, 0) is 31.9 Å². The zero-order valence-corrected chi connectivity index (χ0v) is 18.6. The number of nitrogens with one attached hydrogen (secondary N) is 2. The number of aryl methyl sites for hydroxylation is 2. The zero-order chi connectivity index (χ0) is 20.5. The molecule has 1 aliphatic heterocycles. The molecule has 1 aliphatic rings. The average molecular weight is 416 g/mol. The maximum atomic E-state index is 5.44. The molecule has 0 radical (unpaired) electrons. The minimum Gasteiger partial charge on any atom is -0.379 e. The van der Waals surface area contributed by atoms with Crippen molar-refractivity contribution in [3.05, 3.63) is 51.0 Å². The second-order valence-electron chi connectivity index (χ2n) is 7.33. The number of aliphatic imine (C=N–C) groups is 1. The Labute approximate surface area is 178 Å². The van der Waals surface area contributed by atoms with Gasteiger partial charge in [0, 0.05) is 44.0 Å². The van der Waals surface area contributed by atoms with Crippen LogP contribution in [0.5, 0.6) is 0 Å². The van der Waals surface area contributed by atoms with Crippen molar-refractivity contribution in [2.75, 3.05) is 39.4 Å². The predicted octanol–water partition coefficient (Wildman–Crippen LogP) is 2.89. The van der Waals surface area contributed by atoms with Crippen LogP contribution in [-0.2, 0) is 24.2 Å². The summed E-state index contributed by atoms with van der Waals surface area (Å²) in [6.07, 6.45) is 0.915. The molecule has 0 bridgehead atoms. The molecule has 2 N–H and O–H groups in total. The number of thiazole rings is 1. The standard InChI is InChI=1S/C22H33N5OS/c1-4-23-22(24-9-8-21-26-17(2)18(3)29-21)25-15-19-6-5-7-20(14-19)16-27-10-12-28-13-11-27/h5-7,14H,4,8-13,15-16H2,1-3H3,(H2,23,24,25). The molecule has 0 atom stereocenters. The Bertz CT molecular complexity index is 779. The lowest BCUT2D eigenvalue weighted by molar-refractivity contribution is 0.0342. The average Bonchev–Trinajstić information content (AvgIpc) is 3.04. The number of ether oxygens (including phenoxy) is 1. The van der Waals surface area contributed by atoms with Crippen LogP contribution in [-0.4, -0.2) is 55.2 Å². The van der Waals surface area contributed by atoms with Crippen molar-refractivity contribution in [3.63, 3.8) is 0 Å². The Kier molecular flexibility index (Phi) is 8.46. The van der Waals surface area contributed by atoms with E-state index in [-0.39, 0.29) is 0 Å². The van der Waals surface area contributed by atoms with E-state index in [2.05, 4.69) is 65.6 Å². The second-order valence-corrected chi connectivity index (χ2v) is 8.62. The Morgan fingerprint density at radius 1 is 1.21 bits per heavy atom. The van der Waals surface area contributed by atoms with Crippen LogP contribution in [0.1, 0.15) is 33.6 Å². The molecular formula is C22H33N5OS. The van der Waals surface area contributed by atoms with E-state index in [1.165, 1.54) is 21.0 Å². The summed E-state index contributed by atoms with van der Waals surface area (Å²) in [5.74, 6) is 0.857. The summed E-state index contributed by atoms with van der Waals surface area (Å²) in [5.41, 5.74) is 3.72. The predicted molar refractivity (Wildman–Crippen MR) is 121 cm³/mol. The molecule has 0 saturated carbocycles. The lowest BCUT2D eigenvalue weighted by Crippen LogP contribution is -2.38. The van der Waals surface area contributed by atoms with Gasteiger partial charge in [0.1, 0.15) is 0 Å². The first-order valence-electron chi connectivity index (χ1n) is 10.5. The summed E-state index contributed by atoms with van der Waals surface area (Å²) in [4.78, 5) is 13.1. The number of morpholine rings is 1. The molecule has 7 heteroatoms. The summed E-state index contributed by atoms with van der Waals surface area (Å²) in [5, 5.41) is 7.95. The van der Waals surface area contributed by atoms with Gasteiger partial charge in [-0.3, -0.25) is 4.90 Å². The van der Waals surface area contributed by atoms with Gasteiger partial charge in [-0.25, -0.2) is 9.98 Å². The number of guanidine groups is 1. The maximum absolute atomic E-state index is 5.44. The fourth-order valence-electron chi connectivity index (χ4n) is 3.29. The van der Waals surface area contributed by atoms with Crippen LogP contribution >= 0.6 is 11.3 Å². The van der Waals surface area contributed by atoms with Crippen molar-refractivity contribution in [2.24, 2.45) is 4.99 Å². The van der Waals surface area contributed by atoms with Crippen molar-refractivity contribution < 1.29 is 4.74 Å². The van der Waals surface area contributed by atoms with Gasteiger partial charge in [-0.15, -0.1) is 11.3 Å². The number of hydrogen-bond acceptors (Lipinski definition) is 5. The molecule has 0 aliphatic carbocycles. The van der Waals surface area contributed by atoms with Crippen LogP contribution in [0.3, 0.4) is 0 Å². The van der Waals surface area contributed by atoms with Gasteiger partial charge in [0.05, 0.1) is 30.5 Å². The highest BCUT2D eigenvalue weighted by molar-refractivity contribution is 7.11. The van der Waals surface area contributed by atoms with Crippen molar-refractivity contribution in [3.8, 4) is 0 Å². The molecule has 158 valence electrons. The number of nitrogens with zero attached hydrogens (tertiary/aromatic N) is 3. The zero-order valence-electron chi connectivity index (χ0n) is 17.8. The molecule has 1 aromatic heterocycles. The first-order chi connectivity index (χ1) is 14.1. The fourth-order valence-corrected chi connectivity index (χ4v) is 4.22. The van der Waals surface area contributed by atoms with Gasteiger partial charge in [0.25, 0.3) is 0 Å². The second kappa shape index (κ2) is 11.3. The number of rotatable bonds is 8. The molecule has 0 unspecified atom stereocenters. The van der Waals surface area contributed by atoms with Crippen LogP contribution in [0.25, 0.3) is 0 Å². The largest absolute Gasteiger partial charge is 0.379 e. The van der Waals surface area contributed by atoms with Gasteiger partial charge < -0.3 is 15.4 Å². The highest BCUT2D eigenvalue weighted by atomic mass is 32.1. The molecule has 29 heavy (non-hydrogen) atoms. The summed E-state index contributed by atoms with van der Waals surface area (Å²) in [6.45, 7) is 13.3. The summed E-state index contributed by atoms with van der Waals surface area (Å²) in [6, 6.07) is 8.75. The first kappa shape index (κ1) is 21.7. The van der Waals surface area contributed by atoms with E-state index in [1.807, 2.05) is 0 Å². The van der Waals surface area contributed by atoms with Gasteiger partial charge in [-0.2, -0.15) is 0 Å². The van der Waals surface area contributed by atoms with Crippen LogP contribution < -0.4 is 10.6 Å². The van der Waals surface area contributed by atoms with Gasteiger partial charge in [0.15, 0.2) is 5.96 Å². The van der Waals surface area contributed by atoms with E-state index >= 15 is 0 Å². The molecule has 1 aromatic carbocycles. The van der Waals surface area contributed by atoms with Crippen molar-refractivity contribution in [1.29, 1.82) is 0 Å². The Hall–Kier alpha value is -1.96. The Balaban J connectivity index is 1.52. The van der Waals surface area contributed by atoms with E-state index < -0.39 is 0 Å². The number of aromatic nitrogens is 1. The normalized spacial score (nSPS) is 15.5. The quantitative estimate of drug-likeness (QED) is 0.513. The molecule has 0 spiro atoms. The number of benzene rings is 1. The maximum Gasteiger partial charge on any atom is 0.191 e. The Morgan fingerprint density at radius 3 is 2.72 bits per heavy atom. The van der Waals surface area contributed by atoms with E-state index in [0.29, 0.717) is 6.54 Å². The minimum atomic E-state index is 0.668. The van der Waals surface area contributed by atoms with Crippen molar-refractivity contribution in [2.45, 2.75) is 40.3 Å². The Morgan fingerprint density at radius 2 is 2.00 bits per heavy atom. The van der Waals surface area contributed by atoms with E-state index in [0.717, 1.165) is 64.0 Å². The molecule has 1 saturated heterocycles. The lowest BCUT2D eigenvalue weighted by Gasteiger charge is -2.26. The van der Waals surface area contributed by atoms with Crippen molar-refractivity contribution >= 4 is 17.3 Å². The molecule has 0 amide bonds. The first-order valence-corrected chi connectivity index (χ1v) is 11.3. The third-order valence-corrected chi connectivity index (χ3v) is 6.10. The smallest absolute Gasteiger partial charge is 0.191 e. The van der Waals surface area contributed by atoms with E-state index in [9.17, 15) is 0 Å². The summed E-state index contributed by atoms with van der Waals surface area (Å²) >= 11 is 1.78. The highest BCUT2D eigenvalue weighted by Crippen LogP contribution is 2.16. The topological polar surface area (TPSA) is 61.8 Å². The van der Waals surface area contributed by atoms with E-state index in [4.69, 9.17) is 9.73 Å². The summed E-state index contributed by atoms with van der Waals surface area (Å²) in [7, 11) is 0. The van der Waals surface area contributed by atoms with Crippen LogP contribution in [0.2, 0.25) is 0 Å². The van der Waals surface area contributed by atoms with Gasteiger partial charge >= 0.3 is 0 Å². The number of hydrogen-bond donors (Lipinski definition) is 2. The van der Waals surface area contributed by atoms with Crippen LogP contribution in [0.15, 0.2) is 29.3 Å². The molecule has 1 fully saturated rings. The highest BCUT2D eigenvalue weighted by Gasteiger charge is 2.10. The van der Waals surface area contributed by atoms with Crippen LogP contribution in [0, 0.1) is 13.8 Å². The molecular weight excluding hydrogens is 382 g/mol. The lowest BCUT2D eigenvalue weighted by atomic mass is 10.1. The molecule has 2 heterocycles. The summed E-state index contributed by atoms with van der Waals surface area (Å²) < 4.78 is 5.44.